The van der Waals surface area contributed by atoms with Crippen LogP contribution >= 0.6 is 0 Å². The SMILES string of the molecule is CCOC(=O)C(C)C.COc1cc(C=O)ccc1O. The van der Waals surface area contributed by atoms with Crippen LogP contribution in [0.2, 0.25) is 0 Å². The van der Waals surface area contributed by atoms with E-state index >= 15 is 0 Å². The van der Waals surface area contributed by atoms with Crippen LogP contribution in [0.25, 0.3) is 0 Å². The first-order valence-electron chi connectivity index (χ1n) is 5.95. The van der Waals surface area contributed by atoms with E-state index in [9.17, 15) is 9.59 Å². The van der Waals surface area contributed by atoms with Crippen LogP contribution in [0.4, 0.5) is 0 Å². The molecule has 0 amide bonds. The number of aldehydes is 1. The number of phenols is 1. The van der Waals surface area contributed by atoms with Crippen molar-refractivity contribution in [3.8, 4) is 11.5 Å². The van der Waals surface area contributed by atoms with Crippen LogP contribution in [-0.4, -0.2) is 31.1 Å². The van der Waals surface area contributed by atoms with Crippen LogP contribution < -0.4 is 4.74 Å². The van der Waals surface area contributed by atoms with Gasteiger partial charge in [0.15, 0.2) is 11.5 Å². The maximum atomic E-state index is 10.5. The maximum Gasteiger partial charge on any atom is 0.308 e. The molecule has 0 heterocycles. The Labute approximate surface area is 113 Å². The Morgan fingerprint density at radius 2 is 2.05 bits per heavy atom. The molecule has 5 heteroatoms. The fourth-order valence-electron chi connectivity index (χ4n) is 1.08. The number of hydrogen-bond donors (Lipinski definition) is 1. The van der Waals surface area contributed by atoms with Crippen molar-refractivity contribution in [1.82, 2.24) is 0 Å². The minimum Gasteiger partial charge on any atom is -0.504 e. The van der Waals surface area contributed by atoms with Crippen molar-refractivity contribution in [2.45, 2.75) is 20.8 Å². The Kier molecular flexibility index (Phi) is 8.00. The van der Waals surface area contributed by atoms with Gasteiger partial charge in [-0.2, -0.15) is 0 Å². The van der Waals surface area contributed by atoms with Gasteiger partial charge in [-0.3, -0.25) is 9.59 Å². The predicted molar refractivity (Wildman–Crippen MR) is 71.5 cm³/mol. The lowest BCUT2D eigenvalue weighted by Crippen LogP contribution is -2.10. The molecular weight excluding hydrogens is 248 g/mol. The summed E-state index contributed by atoms with van der Waals surface area (Å²) < 4.78 is 9.44. The molecule has 1 N–H and O–H groups in total. The third-order valence-electron chi connectivity index (χ3n) is 2.10. The molecule has 0 saturated heterocycles. The second-order valence-corrected chi connectivity index (χ2v) is 3.96. The van der Waals surface area contributed by atoms with Gasteiger partial charge in [0, 0.05) is 5.56 Å². The fraction of sp³-hybridized carbons (Fsp3) is 0.429. The lowest BCUT2D eigenvalue weighted by atomic mass is 10.2. The molecule has 0 aliphatic carbocycles. The van der Waals surface area contributed by atoms with E-state index in [2.05, 4.69) is 4.74 Å². The van der Waals surface area contributed by atoms with Gasteiger partial charge in [0.05, 0.1) is 19.6 Å². The Morgan fingerprint density at radius 3 is 2.42 bits per heavy atom. The number of aromatic hydroxyl groups is 1. The predicted octanol–water partition coefficient (Wildman–Crippen LogP) is 2.42. The van der Waals surface area contributed by atoms with Crippen LogP contribution in [-0.2, 0) is 9.53 Å². The standard InChI is InChI=1S/C8H8O3.C6H12O2/c1-11-8-4-6(5-9)2-3-7(8)10;1-4-8-6(7)5(2)3/h2-5,10H,1H3;5H,4H2,1-3H3. The molecule has 0 bridgehead atoms. The first kappa shape index (κ1) is 17.0. The van der Waals surface area contributed by atoms with Gasteiger partial charge in [-0.05, 0) is 25.1 Å². The Balaban J connectivity index is 0.000000362. The number of hydrogen-bond acceptors (Lipinski definition) is 5. The van der Waals surface area contributed by atoms with Gasteiger partial charge in [-0.1, -0.05) is 13.8 Å². The van der Waals surface area contributed by atoms with Gasteiger partial charge < -0.3 is 14.6 Å². The average molecular weight is 268 g/mol. The summed E-state index contributed by atoms with van der Waals surface area (Å²) in [5.74, 6) is 0.246. The maximum absolute atomic E-state index is 10.5. The summed E-state index contributed by atoms with van der Waals surface area (Å²) in [6.07, 6.45) is 0.696. The summed E-state index contributed by atoms with van der Waals surface area (Å²) in [5, 5.41) is 9.09. The fourth-order valence-corrected chi connectivity index (χ4v) is 1.08. The first-order chi connectivity index (χ1) is 8.96. The number of benzene rings is 1. The van der Waals surface area contributed by atoms with Crippen molar-refractivity contribution in [3.63, 3.8) is 0 Å². The summed E-state index contributed by atoms with van der Waals surface area (Å²) in [6.45, 7) is 5.92. The van der Waals surface area contributed by atoms with Crippen molar-refractivity contribution in [3.05, 3.63) is 23.8 Å². The molecule has 0 aliphatic rings. The van der Waals surface area contributed by atoms with Crippen molar-refractivity contribution in [1.29, 1.82) is 0 Å². The molecule has 0 aromatic heterocycles. The molecule has 0 spiro atoms. The minimum absolute atomic E-state index is 0.00921. The molecule has 0 saturated carbocycles. The number of carbonyl (C=O) groups excluding carboxylic acids is 2. The van der Waals surface area contributed by atoms with Crippen molar-refractivity contribution in [2.24, 2.45) is 5.92 Å². The van der Waals surface area contributed by atoms with Gasteiger partial charge in [0.25, 0.3) is 0 Å². The van der Waals surface area contributed by atoms with Crippen molar-refractivity contribution >= 4 is 12.3 Å². The number of ether oxygens (including phenoxy) is 2. The highest BCUT2D eigenvalue weighted by Crippen LogP contribution is 2.25. The molecule has 1 rings (SSSR count). The quantitative estimate of drug-likeness (QED) is 0.670. The first-order valence-corrected chi connectivity index (χ1v) is 5.95. The number of methoxy groups -OCH3 is 1. The monoisotopic (exact) mass is 268 g/mol. The molecule has 106 valence electrons. The van der Waals surface area contributed by atoms with Crippen LogP contribution in [0.5, 0.6) is 11.5 Å². The molecule has 1 aromatic carbocycles. The molecule has 0 fully saturated rings. The van der Waals surface area contributed by atoms with Gasteiger partial charge >= 0.3 is 5.97 Å². The highest BCUT2D eigenvalue weighted by Gasteiger charge is 2.05. The molecule has 0 unspecified atom stereocenters. The van der Waals surface area contributed by atoms with E-state index in [-0.39, 0.29) is 17.6 Å². The minimum atomic E-state index is -0.118. The van der Waals surface area contributed by atoms with Crippen LogP contribution in [0.1, 0.15) is 31.1 Å². The zero-order valence-electron chi connectivity index (χ0n) is 11.7. The van der Waals surface area contributed by atoms with Crippen molar-refractivity contribution in [2.75, 3.05) is 13.7 Å². The normalized spacial score (nSPS) is 9.32. The lowest BCUT2D eigenvalue weighted by molar-refractivity contribution is -0.146. The topological polar surface area (TPSA) is 72.8 Å². The van der Waals surface area contributed by atoms with E-state index in [1.165, 1.54) is 25.3 Å². The van der Waals surface area contributed by atoms with Gasteiger partial charge in [0.2, 0.25) is 0 Å². The lowest BCUT2D eigenvalue weighted by Gasteiger charge is -2.01. The Bertz CT molecular complexity index is 412. The zero-order chi connectivity index (χ0) is 14.8. The number of esters is 1. The van der Waals surface area contributed by atoms with E-state index in [0.29, 0.717) is 24.2 Å². The summed E-state index contributed by atoms with van der Waals surface area (Å²) in [4.78, 5) is 20.8. The Morgan fingerprint density at radius 1 is 1.42 bits per heavy atom. The van der Waals surface area contributed by atoms with E-state index in [1.807, 2.05) is 13.8 Å². The van der Waals surface area contributed by atoms with E-state index < -0.39 is 0 Å². The molecule has 0 radical (unpaired) electrons. The molecule has 0 atom stereocenters. The smallest absolute Gasteiger partial charge is 0.308 e. The van der Waals surface area contributed by atoms with E-state index in [4.69, 9.17) is 9.84 Å². The molecule has 0 aliphatic heterocycles. The number of phenolic OH excluding ortho intramolecular Hbond substituents is 1. The van der Waals surface area contributed by atoms with E-state index in [0.717, 1.165) is 0 Å². The van der Waals surface area contributed by atoms with Crippen LogP contribution in [0.15, 0.2) is 18.2 Å². The largest absolute Gasteiger partial charge is 0.504 e. The highest BCUT2D eigenvalue weighted by atomic mass is 16.5. The third kappa shape index (κ3) is 6.45. The summed E-state index contributed by atoms with van der Waals surface area (Å²) in [5.41, 5.74) is 0.486. The Hall–Kier alpha value is -2.04. The second-order valence-electron chi connectivity index (χ2n) is 3.96. The van der Waals surface area contributed by atoms with Gasteiger partial charge in [-0.15, -0.1) is 0 Å². The highest BCUT2D eigenvalue weighted by molar-refractivity contribution is 5.76. The molecular formula is C14H20O5. The summed E-state index contributed by atoms with van der Waals surface area (Å²) in [6, 6.07) is 4.41. The van der Waals surface area contributed by atoms with Crippen molar-refractivity contribution < 1.29 is 24.2 Å². The van der Waals surface area contributed by atoms with Gasteiger partial charge in [-0.25, -0.2) is 0 Å². The molecule has 1 aromatic rings. The summed E-state index contributed by atoms with van der Waals surface area (Å²) >= 11 is 0. The third-order valence-corrected chi connectivity index (χ3v) is 2.10. The average Bonchev–Trinajstić information content (AvgIpc) is 2.40. The van der Waals surface area contributed by atoms with Crippen LogP contribution in [0.3, 0.4) is 0 Å². The molecule has 19 heavy (non-hydrogen) atoms. The molecule has 5 nitrogen and oxygen atoms in total. The number of rotatable bonds is 4. The van der Waals surface area contributed by atoms with E-state index in [1.54, 1.807) is 6.92 Å². The van der Waals surface area contributed by atoms with Crippen LogP contribution in [0, 0.1) is 5.92 Å². The van der Waals surface area contributed by atoms with Gasteiger partial charge in [0.1, 0.15) is 6.29 Å². The zero-order valence-corrected chi connectivity index (χ0v) is 11.7. The number of carbonyl (C=O) groups is 2. The second kappa shape index (κ2) is 8.97. The summed E-state index contributed by atoms with van der Waals surface area (Å²) in [7, 11) is 1.43.